The van der Waals surface area contributed by atoms with Crippen molar-refractivity contribution in [3.8, 4) is 0 Å². The molecule has 2 aromatic carbocycles. The Morgan fingerprint density at radius 2 is 1.73 bits per heavy atom. The third-order valence-corrected chi connectivity index (χ3v) is 4.71. The van der Waals surface area contributed by atoms with Gasteiger partial charge in [-0.25, -0.2) is 4.79 Å². The van der Waals surface area contributed by atoms with Crippen molar-refractivity contribution in [2.24, 2.45) is 5.73 Å². The minimum absolute atomic E-state index is 0.0186. The molecule has 0 saturated carbocycles. The number of rotatable bonds is 6. The van der Waals surface area contributed by atoms with Crippen LogP contribution in [0.25, 0.3) is 0 Å². The molecule has 1 unspecified atom stereocenters. The lowest BCUT2D eigenvalue weighted by molar-refractivity contribution is -0.131. The minimum Gasteiger partial charge on any atom is -0.366 e. The molecule has 3 rings (SSSR count). The lowest BCUT2D eigenvalue weighted by Crippen LogP contribution is -2.44. The average Bonchev–Trinajstić information content (AvgIpc) is 2.85. The fourth-order valence-corrected chi connectivity index (χ4v) is 3.17. The van der Waals surface area contributed by atoms with Gasteiger partial charge in [0.2, 0.25) is 5.91 Å². The maximum Gasteiger partial charge on any atom is 0.325 e. The van der Waals surface area contributed by atoms with E-state index in [4.69, 9.17) is 5.73 Å². The quantitative estimate of drug-likeness (QED) is 0.782. The Morgan fingerprint density at radius 3 is 2.42 bits per heavy atom. The molecule has 0 spiro atoms. The van der Waals surface area contributed by atoms with Crippen LogP contribution in [0.4, 0.5) is 4.79 Å². The van der Waals surface area contributed by atoms with Crippen molar-refractivity contribution in [2.45, 2.75) is 31.8 Å². The zero-order valence-corrected chi connectivity index (χ0v) is 14.6. The van der Waals surface area contributed by atoms with Gasteiger partial charge < -0.3 is 11.1 Å². The molecular weight excluding hydrogens is 330 g/mol. The van der Waals surface area contributed by atoms with Crippen molar-refractivity contribution in [1.82, 2.24) is 10.2 Å². The second kappa shape index (κ2) is 7.00. The molecule has 1 aliphatic rings. The number of nitrogens with zero attached hydrogens (tertiary/aromatic N) is 1. The van der Waals surface area contributed by atoms with Gasteiger partial charge in [0.1, 0.15) is 5.54 Å². The van der Waals surface area contributed by atoms with Crippen molar-refractivity contribution in [3.05, 3.63) is 71.3 Å². The molecule has 0 aliphatic carbocycles. The summed E-state index contributed by atoms with van der Waals surface area (Å²) < 4.78 is 0. The monoisotopic (exact) mass is 351 g/mol. The Hall–Kier alpha value is -3.15. The maximum absolute atomic E-state index is 12.9. The zero-order valence-electron chi connectivity index (χ0n) is 14.6. The first kappa shape index (κ1) is 17.7. The largest absolute Gasteiger partial charge is 0.366 e. The molecule has 6 nitrogen and oxygen atoms in total. The van der Waals surface area contributed by atoms with Crippen LogP contribution in [0, 0.1) is 0 Å². The van der Waals surface area contributed by atoms with E-state index in [9.17, 15) is 14.4 Å². The first-order valence-corrected chi connectivity index (χ1v) is 8.46. The van der Waals surface area contributed by atoms with Crippen LogP contribution in [-0.4, -0.2) is 28.3 Å². The van der Waals surface area contributed by atoms with Crippen LogP contribution in [0.1, 0.15) is 34.8 Å². The number of carbonyl (C=O) groups excluding carboxylic acids is 3. The third-order valence-electron chi connectivity index (χ3n) is 4.71. The van der Waals surface area contributed by atoms with E-state index in [0.717, 1.165) is 10.5 Å². The van der Waals surface area contributed by atoms with Crippen molar-refractivity contribution in [1.29, 1.82) is 0 Å². The lowest BCUT2D eigenvalue weighted by Gasteiger charge is -2.22. The van der Waals surface area contributed by atoms with Gasteiger partial charge in [-0.2, -0.15) is 0 Å². The van der Waals surface area contributed by atoms with Gasteiger partial charge in [-0.1, -0.05) is 48.5 Å². The van der Waals surface area contributed by atoms with Crippen LogP contribution >= 0.6 is 0 Å². The van der Waals surface area contributed by atoms with E-state index in [2.05, 4.69) is 5.32 Å². The van der Waals surface area contributed by atoms with E-state index in [1.807, 2.05) is 30.3 Å². The highest BCUT2D eigenvalue weighted by Gasteiger charge is 2.47. The summed E-state index contributed by atoms with van der Waals surface area (Å²) in [6.45, 7) is 1.75. The average molecular weight is 351 g/mol. The number of amides is 4. The Balaban J connectivity index is 1.75. The SMILES string of the molecule is CC1(CCc2ccccc2)NC(=O)N(Cc2ccccc2C(N)=O)C1=O. The van der Waals surface area contributed by atoms with E-state index in [1.165, 1.54) is 0 Å². The van der Waals surface area contributed by atoms with Crippen LogP contribution in [0.15, 0.2) is 54.6 Å². The van der Waals surface area contributed by atoms with Gasteiger partial charge in [-0.15, -0.1) is 0 Å². The molecule has 134 valence electrons. The summed E-state index contributed by atoms with van der Waals surface area (Å²) in [7, 11) is 0. The zero-order chi connectivity index (χ0) is 18.7. The summed E-state index contributed by atoms with van der Waals surface area (Å²) in [5.74, 6) is -0.878. The highest BCUT2D eigenvalue weighted by Crippen LogP contribution is 2.25. The molecule has 0 aromatic heterocycles. The Bertz CT molecular complexity index is 850. The molecule has 1 fully saturated rings. The fourth-order valence-electron chi connectivity index (χ4n) is 3.17. The molecule has 1 heterocycles. The van der Waals surface area contributed by atoms with Gasteiger partial charge in [-0.05, 0) is 37.0 Å². The summed E-state index contributed by atoms with van der Waals surface area (Å²) in [4.78, 5) is 38.0. The minimum atomic E-state index is -0.964. The van der Waals surface area contributed by atoms with Crippen LogP contribution < -0.4 is 11.1 Å². The summed E-state index contributed by atoms with van der Waals surface area (Å²) in [5.41, 5.74) is 6.38. The van der Waals surface area contributed by atoms with Gasteiger partial charge in [0.25, 0.3) is 5.91 Å². The molecule has 26 heavy (non-hydrogen) atoms. The summed E-state index contributed by atoms with van der Waals surface area (Å²) in [6.07, 6.45) is 1.17. The lowest BCUT2D eigenvalue weighted by atomic mass is 9.93. The van der Waals surface area contributed by atoms with Crippen LogP contribution in [0.2, 0.25) is 0 Å². The maximum atomic E-state index is 12.9. The Morgan fingerprint density at radius 1 is 1.08 bits per heavy atom. The number of urea groups is 1. The van der Waals surface area contributed by atoms with Crippen molar-refractivity contribution in [2.75, 3.05) is 0 Å². The molecule has 1 aliphatic heterocycles. The van der Waals surface area contributed by atoms with Gasteiger partial charge in [-0.3, -0.25) is 14.5 Å². The van der Waals surface area contributed by atoms with Crippen LogP contribution in [0.5, 0.6) is 0 Å². The summed E-state index contributed by atoms with van der Waals surface area (Å²) in [6, 6.07) is 16.1. The fraction of sp³-hybridized carbons (Fsp3) is 0.250. The molecular formula is C20H21N3O3. The number of primary amides is 1. The van der Waals surface area contributed by atoms with Gasteiger partial charge in [0, 0.05) is 5.56 Å². The van der Waals surface area contributed by atoms with Crippen molar-refractivity contribution >= 4 is 17.8 Å². The van der Waals surface area contributed by atoms with Crippen LogP contribution in [0.3, 0.4) is 0 Å². The number of carbonyl (C=O) groups is 3. The number of nitrogens with one attached hydrogen (secondary N) is 1. The number of aryl methyl sites for hydroxylation is 1. The van der Waals surface area contributed by atoms with E-state index >= 15 is 0 Å². The molecule has 6 heteroatoms. The molecule has 1 saturated heterocycles. The predicted octanol–water partition coefficient (Wildman–Crippen LogP) is 2.23. The second-order valence-corrected chi connectivity index (χ2v) is 6.66. The van der Waals surface area contributed by atoms with Gasteiger partial charge >= 0.3 is 6.03 Å². The van der Waals surface area contributed by atoms with E-state index in [0.29, 0.717) is 24.0 Å². The molecule has 0 radical (unpaired) electrons. The van der Waals surface area contributed by atoms with E-state index in [1.54, 1.807) is 31.2 Å². The van der Waals surface area contributed by atoms with Gasteiger partial charge in [0.05, 0.1) is 6.54 Å². The standard InChI is InChI=1S/C20H21N3O3/c1-20(12-11-14-7-3-2-4-8-14)18(25)23(19(26)22-20)13-15-9-5-6-10-16(15)17(21)24/h2-10H,11-13H2,1H3,(H2,21,24)(H,22,26). The second-order valence-electron chi connectivity index (χ2n) is 6.66. The third kappa shape index (κ3) is 3.44. The molecule has 2 aromatic rings. The van der Waals surface area contributed by atoms with Crippen LogP contribution in [-0.2, 0) is 17.8 Å². The van der Waals surface area contributed by atoms with Crippen molar-refractivity contribution in [3.63, 3.8) is 0 Å². The summed E-state index contributed by atoms with van der Waals surface area (Å²) in [5, 5.41) is 2.79. The normalized spacial score (nSPS) is 19.5. The number of benzene rings is 2. The molecule has 4 amide bonds. The summed E-state index contributed by atoms with van der Waals surface area (Å²) >= 11 is 0. The Kier molecular flexibility index (Phi) is 4.75. The number of hydrogen-bond acceptors (Lipinski definition) is 3. The highest BCUT2D eigenvalue weighted by molar-refractivity contribution is 6.07. The van der Waals surface area contributed by atoms with E-state index < -0.39 is 17.5 Å². The van der Waals surface area contributed by atoms with Gasteiger partial charge in [0.15, 0.2) is 0 Å². The molecule has 3 N–H and O–H groups in total. The number of hydrogen-bond donors (Lipinski definition) is 2. The molecule has 1 atom stereocenters. The number of imide groups is 1. The highest BCUT2D eigenvalue weighted by atomic mass is 16.2. The van der Waals surface area contributed by atoms with E-state index in [-0.39, 0.29) is 12.5 Å². The topological polar surface area (TPSA) is 92.5 Å². The molecule has 0 bridgehead atoms. The number of nitrogens with two attached hydrogens (primary N) is 1. The van der Waals surface area contributed by atoms with Crippen molar-refractivity contribution < 1.29 is 14.4 Å². The smallest absolute Gasteiger partial charge is 0.325 e. The first-order chi connectivity index (χ1) is 12.4. The Labute approximate surface area is 152 Å². The predicted molar refractivity (Wildman–Crippen MR) is 97.2 cm³/mol. The first-order valence-electron chi connectivity index (χ1n) is 8.46.